The van der Waals surface area contributed by atoms with Crippen LogP contribution in [0.5, 0.6) is 0 Å². The van der Waals surface area contributed by atoms with Gasteiger partial charge in [0, 0.05) is 0 Å². The number of hydrogen-bond donors (Lipinski definition) is 0. The van der Waals surface area contributed by atoms with Crippen molar-refractivity contribution in [2.24, 2.45) is 11.3 Å². The molecule has 0 spiro atoms. The largest absolute Gasteiger partial charge is 0.0998 e. The molecular formula is C13H24. The van der Waals surface area contributed by atoms with Gasteiger partial charge in [-0.2, -0.15) is 0 Å². The highest BCUT2D eigenvalue weighted by atomic mass is 14.3. The summed E-state index contributed by atoms with van der Waals surface area (Å²) in [4.78, 5) is 0. The first-order valence-electron chi connectivity index (χ1n) is 5.04. The lowest BCUT2D eigenvalue weighted by Gasteiger charge is -2.30. The van der Waals surface area contributed by atoms with Gasteiger partial charge in [0.05, 0.1) is 0 Å². The van der Waals surface area contributed by atoms with Gasteiger partial charge in [0.15, 0.2) is 0 Å². The zero-order valence-electron chi connectivity index (χ0n) is 10.1. The molecule has 0 aromatic rings. The van der Waals surface area contributed by atoms with Crippen molar-refractivity contribution >= 4 is 0 Å². The van der Waals surface area contributed by atoms with Gasteiger partial charge in [0.25, 0.3) is 0 Å². The van der Waals surface area contributed by atoms with Crippen molar-refractivity contribution in [3.05, 3.63) is 23.8 Å². The maximum absolute atomic E-state index is 4.07. The van der Waals surface area contributed by atoms with Crippen LogP contribution in [0.25, 0.3) is 0 Å². The molecule has 76 valence electrons. The molecule has 0 bridgehead atoms. The second-order valence-corrected chi connectivity index (χ2v) is 5.28. The standard InChI is InChI=1S/C13H24/c1-10(2)8-9-12(11(3)4)13(5,6)7/h8,12H,3,9H2,1-2,4-7H3. The van der Waals surface area contributed by atoms with Crippen LogP contribution in [-0.4, -0.2) is 0 Å². The van der Waals surface area contributed by atoms with Gasteiger partial charge in [-0.05, 0) is 38.5 Å². The molecule has 0 heterocycles. The Bertz CT molecular complexity index is 197. The Morgan fingerprint density at radius 3 is 1.92 bits per heavy atom. The first kappa shape index (κ1) is 12.5. The quantitative estimate of drug-likeness (QED) is 0.558. The van der Waals surface area contributed by atoms with Crippen LogP contribution >= 0.6 is 0 Å². The smallest absolute Gasteiger partial charge is 0.0125 e. The van der Waals surface area contributed by atoms with Crippen molar-refractivity contribution in [1.82, 2.24) is 0 Å². The Kier molecular flexibility index (Phi) is 4.46. The Hall–Kier alpha value is -0.520. The predicted octanol–water partition coefficient (Wildman–Crippen LogP) is 4.58. The highest BCUT2D eigenvalue weighted by Gasteiger charge is 2.23. The summed E-state index contributed by atoms with van der Waals surface area (Å²) in [5, 5.41) is 0. The Labute approximate surface area is 83.7 Å². The van der Waals surface area contributed by atoms with E-state index < -0.39 is 0 Å². The number of allylic oxidation sites excluding steroid dienone is 3. The molecule has 0 saturated heterocycles. The minimum Gasteiger partial charge on any atom is -0.0998 e. The molecule has 0 aromatic heterocycles. The molecular weight excluding hydrogens is 156 g/mol. The second-order valence-electron chi connectivity index (χ2n) is 5.28. The number of hydrogen-bond acceptors (Lipinski definition) is 0. The SMILES string of the molecule is C=C(C)C(CC=C(C)C)C(C)(C)C. The van der Waals surface area contributed by atoms with Crippen LogP contribution in [0.4, 0.5) is 0 Å². The molecule has 1 unspecified atom stereocenters. The Balaban J connectivity index is 4.47. The van der Waals surface area contributed by atoms with Crippen LogP contribution < -0.4 is 0 Å². The third kappa shape index (κ3) is 4.92. The van der Waals surface area contributed by atoms with E-state index in [1.54, 1.807) is 0 Å². The van der Waals surface area contributed by atoms with Crippen LogP contribution in [-0.2, 0) is 0 Å². The van der Waals surface area contributed by atoms with Gasteiger partial charge < -0.3 is 0 Å². The fourth-order valence-electron chi connectivity index (χ4n) is 1.65. The maximum Gasteiger partial charge on any atom is -0.0125 e. The van der Waals surface area contributed by atoms with Crippen LogP contribution in [0.1, 0.15) is 48.0 Å². The van der Waals surface area contributed by atoms with E-state index in [0.29, 0.717) is 11.3 Å². The first-order valence-corrected chi connectivity index (χ1v) is 5.04. The lowest BCUT2D eigenvalue weighted by molar-refractivity contribution is 0.281. The highest BCUT2D eigenvalue weighted by Crippen LogP contribution is 2.34. The molecule has 0 heteroatoms. The van der Waals surface area contributed by atoms with Crippen molar-refractivity contribution in [3.8, 4) is 0 Å². The summed E-state index contributed by atoms with van der Waals surface area (Å²) >= 11 is 0. The Morgan fingerprint density at radius 1 is 1.23 bits per heavy atom. The zero-order chi connectivity index (χ0) is 10.6. The molecule has 0 N–H and O–H groups in total. The molecule has 0 aliphatic carbocycles. The summed E-state index contributed by atoms with van der Waals surface area (Å²) in [7, 11) is 0. The minimum absolute atomic E-state index is 0.331. The van der Waals surface area contributed by atoms with Crippen LogP contribution in [0.15, 0.2) is 23.8 Å². The van der Waals surface area contributed by atoms with E-state index in [0.717, 1.165) is 6.42 Å². The molecule has 0 aromatic carbocycles. The highest BCUT2D eigenvalue weighted by molar-refractivity contribution is 5.06. The molecule has 0 aliphatic rings. The lowest BCUT2D eigenvalue weighted by atomic mass is 9.75. The minimum atomic E-state index is 0.331. The van der Waals surface area contributed by atoms with Crippen molar-refractivity contribution in [3.63, 3.8) is 0 Å². The van der Waals surface area contributed by atoms with Gasteiger partial charge in [0.2, 0.25) is 0 Å². The van der Waals surface area contributed by atoms with E-state index in [9.17, 15) is 0 Å². The average Bonchev–Trinajstić information content (AvgIpc) is 1.81. The summed E-state index contributed by atoms with van der Waals surface area (Å²) < 4.78 is 0. The fraction of sp³-hybridized carbons (Fsp3) is 0.692. The van der Waals surface area contributed by atoms with Gasteiger partial charge in [0.1, 0.15) is 0 Å². The molecule has 0 aliphatic heterocycles. The lowest BCUT2D eigenvalue weighted by Crippen LogP contribution is -2.20. The second kappa shape index (κ2) is 4.64. The summed E-state index contributed by atoms with van der Waals surface area (Å²) in [6.07, 6.45) is 3.44. The normalized spacial score (nSPS) is 13.7. The molecule has 0 rings (SSSR count). The third-order valence-corrected chi connectivity index (χ3v) is 2.40. The van der Waals surface area contributed by atoms with E-state index in [-0.39, 0.29) is 0 Å². The van der Waals surface area contributed by atoms with Crippen LogP contribution in [0.3, 0.4) is 0 Å². The van der Waals surface area contributed by atoms with Crippen molar-refractivity contribution in [2.45, 2.75) is 48.0 Å². The predicted molar refractivity (Wildman–Crippen MR) is 61.8 cm³/mol. The van der Waals surface area contributed by atoms with Gasteiger partial charge in [-0.1, -0.05) is 44.6 Å². The molecule has 13 heavy (non-hydrogen) atoms. The third-order valence-electron chi connectivity index (χ3n) is 2.40. The summed E-state index contributed by atoms with van der Waals surface area (Å²) in [6, 6.07) is 0. The van der Waals surface area contributed by atoms with E-state index in [2.05, 4.69) is 54.2 Å². The van der Waals surface area contributed by atoms with Crippen molar-refractivity contribution in [1.29, 1.82) is 0 Å². The van der Waals surface area contributed by atoms with Crippen LogP contribution in [0.2, 0.25) is 0 Å². The zero-order valence-corrected chi connectivity index (χ0v) is 10.1. The maximum atomic E-state index is 4.07. The fourth-order valence-corrected chi connectivity index (χ4v) is 1.65. The molecule has 0 radical (unpaired) electrons. The topological polar surface area (TPSA) is 0 Å². The van der Waals surface area contributed by atoms with E-state index in [1.165, 1.54) is 11.1 Å². The average molecular weight is 180 g/mol. The summed E-state index contributed by atoms with van der Waals surface area (Å²) in [5.41, 5.74) is 3.03. The molecule has 0 nitrogen and oxygen atoms in total. The van der Waals surface area contributed by atoms with Gasteiger partial charge in [-0.25, -0.2) is 0 Å². The summed E-state index contributed by atoms with van der Waals surface area (Å²) in [5.74, 6) is 0.599. The number of rotatable bonds is 3. The van der Waals surface area contributed by atoms with Gasteiger partial charge in [-0.3, -0.25) is 0 Å². The van der Waals surface area contributed by atoms with Crippen molar-refractivity contribution < 1.29 is 0 Å². The first-order chi connectivity index (χ1) is 5.75. The molecule has 0 fully saturated rings. The van der Waals surface area contributed by atoms with E-state index in [4.69, 9.17) is 0 Å². The van der Waals surface area contributed by atoms with E-state index in [1.807, 2.05) is 0 Å². The van der Waals surface area contributed by atoms with Gasteiger partial charge >= 0.3 is 0 Å². The van der Waals surface area contributed by atoms with Crippen LogP contribution in [0, 0.1) is 11.3 Å². The molecule has 0 amide bonds. The Morgan fingerprint density at radius 2 is 1.69 bits per heavy atom. The molecule has 0 saturated carbocycles. The van der Waals surface area contributed by atoms with Crippen molar-refractivity contribution in [2.75, 3.05) is 0 Å². The van der Waals surface area contributed by atoms with E-state index >= 15 is 0 Å². The van der Waals surface area contributed by atoms with Gasteiger partial charge in [-0.15, -0.1) is 0 Å². The monoisotopic (exact) mass is 180 g/mol. The summed E-state index contributed by atoms with van der Waals surface area (Å²) in [6.45, 7) is 17.4. The molecule has 1 atom stereocenters.